The van der Waals surface area contributed by atoms with Gasteiger partial charge in [-0.3, -0.25) is 0 Å². The van der Waals surface area contributed by atoms with Crippen LogP contribution in [-0.2, 0) is 19.0 Å². The Kier molecular flexibility index (Phi) is 10.4. The molecule has 0 aliphatic carbocycles. The lowest BCUT2D eigenvalue weighted by Crippen LogP contribution is -2.34. The molecule has 0 saturated heterocycles. The summed E-state index contributed by atoms with van der Waals surface area (Å²) in [4.78, 5) is 23.0. The maximum absolute atomic E-state index is 11.6. The first kappa shape index (κ1) is 23.2. The average Bonchev–Trinajstić information content (AvgIpc) is 2.63. The highest BCUT2D eigenvalue weighted by Gasteiger charge is 2.15. The fourth-order valence-electron chi connectivity index (χ4n) is 1.91. The van der Waals surface area contributed by atoms with Crippen LogP contribution in [0.15, 0.2) is 42.5 Å². The smallest absolute Gasteiger partial charge is 0.407 e. The molecule has 0 aliphatic heterocycles. The Balaban J connectivity index is 2.09. The van der Waals surface area contributed by atoms with E-state index in [1.54, 1.807) is 40.0 Å². The van der Waals surface area contributed by atoms with Crippen LogP contribution in [0.4, 0.5) is 4.79 Å². The fourth-order valence-corrected chi connectivity index (χ4v) is 1.91. The number of nitrogens with one attached hydrogen (secondary N) is 1. The van der Waals surface area contributed by atoms with Gasteiger partial charge < -0.3 is 24.3 Å². The van der Waals surface area contributed by atoms with Crippen molar-refractivity contribution in [3.63, 3.8) is 0 Å². The van der Waals surface area contributed by atoms with Crippen molar-refractivity contribution in [1.82, 2.24) is 5.32 Å². The van der Waals surface area contributed by atoms with Gasteiger partial charge in [-0.05, 0) is 38.5 Å². The predicted molar refractivity (Wildman–Crippen MR) is 107 cm³/mol. The molecular weight excluding hydrogens is 362 g/mol. The van der Waals surface area contributed by atoms with Gasteiger partial charge in [-0.2, -0.15) is 0 Å². The molecule has 1 aromatic carbocycles. The highest BCUT2D eigenvalue weighted by Crippen LogP contribution is 2.12. The summed E-state index contributed by atoms with van der Waals surface area (Å²) < 4.78 is 20.5. The summed E-state index contributed by atoms with van der Waals surface area (Å²) in [5.41, 5.74) is 0.462. The first-order chi connectivity index (χ1) is 13.3. The van der Waals surface area contributed by atoms with Crippen LogP contribution in [0, 0.1) is 0 Å². The number of esters is 1. The van der Waals surface area contributed by atoms with Crippen molar-refractivity contribution in [1.29, 1.82) is 0 Å². The molecule has 1 amide bonds. The fraction of sp³-hybridized carbons (Fsp3) is 0.429. The number of carbonyl (C=O) groups is 2. The molecule has 1 aromatic rings. The summed E-state index contributed by atoms with van der Waals surface area (Å²) in [5.74, 6) is 0.342. The molecule has 0 bridgehead atoms. The summed E-state index contributed by atoms with van der Waals surface area (Å²) in [6.45, 7) is 6.38. The number of benzene rings is 1. The zero-order valence-corrected chi connectivity index (χ0v) is 16.9. The lowest BCUT2D eigenvalue weighted by molar-refractivity contribution is -0.139. The van der Waals surface area contributed by atoms with E-state index in [0.717, 1.165) is 11.3 Å². The van der Waals surface area contributed by atoms with Crippen LogP contribution in [0.25, 0.3) is 6.08 Å². The minimum Gasteiger partial charge on any atom is -0.497 e. The summed E-state index contributed by atoms with van der Waals surface area (Å²) in [5, 5.41) is 2.57. The molecule has 1 N–H and O–H groups in total. The molecule has 0 saturated carbocycles. The van der Waals surface area contributed by atoms with Crippen molar-refractivity contribution >= 4 is 18.1 Å². The first-order valence-electron chi connectivity index (χ1n) is 9.00. The third-order valence-electron chi connectivity index (χ3n) is 3.13. The predicted octanol–water partition coefficient (Wildman–Crippen LogP) is 3.35. The van der Waals surface area contributed by atoms with E-state index in [9.17, 15) is 9.59 Å². The molecule has 0 radical (unpaired) electrons. The van der Waals surface area contributed by atoms with E-state index < -0.39 is 17.7 Å². The van der Waals surface area contributed by atoms with Crippen molar-refractivity contribution in [3.8, 4) is 5.75 Å². The van der Waals surface area contributed by atoms with Gasteiger partial charge in [0.05, 0.1) is 20.3 Å². The second-order valence-corrected chi connectivity index (χ2v) is 6.70. The molecule has 0 unspecified atom stereocenters. The van der Waals surface area contributed by atoms with Gasteiger partial charge in [0.25, 0.3) is 0 Å². The molecule has 0 aliphatic rings. The van der Waals surface area contributed by atoms with E-state index in [1.165, 1.54) is 6.08 Å². The summed E-state index contributed by atoms with van der Waals surface area (Å²) >= 11 is 0. The lowest BCUT2D eigenvalue weighted by Gasteiger charge is -2.19. The second kappa shape index (κ2) is 12.6. The van der Waals surface area contributed by atoms with Crippen LogP contribution in [0.2, 0.25) is 0 Å². The number of ether oxygens (including phenoxy) is 4. The number of alkyl carbamates (subject to hydrolysis) is 1. The van der Waals surface area contributed by atoms with Crippen LogP contribution in [0.1, 0.15) is 26.3 Å². The molecule has 0 fully saturated rings. The van der Waals surface area contributed by atoms with Crippen LogP contribution < -0.4 is 10.1 Å². The normalized spacial score (nSPS) is 11.6. The minimum atomic E-state index is -0.531. The Morgan fingerprint density at radius 2 is 1.75 bits per heavy atom. The molecule has 1 rings (SSSR count). The standard InChI is InChI=1S/C21H29NO6/c1-21(2,3)28-20(24)22-13-14-26-15-16-27-19(23)8-6-5-7-17-9-11-18(25-4)12-10-17/h5-12H,13-16H2,1-4H3,(H,22,24)/b7-5+,8-6+. The van der Waals surface area contributed by atoms with Gasteiger partial charge in [-0.25, -0.2) is 9.59 Å². The molecule has 0 spiro atoms. The zero-order chi connectivity index (χ0) is 20.8. The SMILES string of the molecule is COc1ccc(/C=C/C=C/C(=O)OCCOCCNC(=O)OC(C)(C)C)cc1. The number of methoxy groups -OCH3 is 1. The Hall–Kier alpha value is -2.80. The largest absolute Gasteiger partial charge is 0.497 e. The molecule has 0 atom stereocenters. The van der Waals surface area contributed by atoms with Crippen LogP contribution in [0.5, 0.6) is 5.75 Å². The van der Waals surface area contributed by atoms with E-state index >= 15 is 0 Å². The maximum atomic E-state index is 11.6. The average molecular weight is 391 g/mol. The topological polar surface area (TPSA) is 83.1 Å². The van der Waals surface area contributed by atoms with Crippen molar-refractivity contribution < 1.29 is 28.5 Å². The molecule has 7 heteroatoms. The van der Waals surface area contributed by atoms with Gasteiger partial charge in [0.2, 0.25) is 0 Å². The Morgan fingerprint density at radius 1 is 1.04 bits per heavy atom. The number of rotatable bonds is 10. The Morgan fingerprint density at radius 3 is 2.39 bits per heavy atom. The molecular formula is C21H29NO6. The van der Waals surface area contributed by atoms with Gasteiger partial charge in [-0.1, -0.05) is 30.4 Å². The Labute approximate surface area is 166 Å². The summed E-state index contributed by atoms with van der Waals surface area (Å²) in [6, 6.07) is 7.55. The number of allylic oxidation sites excluding steroid dienone is 2. The van der Waals surface area contributed by atoms with Crippen molar-refractivity contribution in [2.45, 2.75) is 26.4 Å². The van der Waals surface area contributed by atoms with Gasteiger partial charge in [0.15, 0.2) is 0 Å². The number of carbonyl (C=O) groups excluding carboxylic acids is 2. The van der Waals surface area contributed by atoms with E-state index in [2.05, 4.69) is 5.32 Å². The second-order valence-electron chi connectivity index (χ2n) is 6.70. The Bertz CT molecular complexity index is 658. The van der Waals surface area contributed by atoms with Gasteiger partial charge >= 0.3 is 12.1 Å². The maximum Gasteiger partial charge on any atom is 0.407 e. The van der Waals surface area contributed by atoms with Crippen LogP contribution >= 0.6 is 0 Å². The van der Waals surface area contributed by atoms with Gasteiger partial charge in [0, 0.05) is 12.6 Å². The van der Waals surface area contributed by atoms with Crippen molar-refractivity contribution in [2.24, 2.45) is 0 Å². The molecule has 154 valence electrons. The number of hydrogen-bond acceptors (Lipinski definition) is 6. The van der Waals surface area contributed by atoms with Gasteiger partial charge in [-0.15, -0.1) is 0 Å². The third kappa shape index (κ3) is 11.7. The molecule has 7 nitrogen and oxygen atoms in total. The number of amides is 1. The highest BCUT2D eigenvalue weighted by atomic mass is 16.6. The van der Waals surface area contributed by atoms with Crippen LogP contribution in [-0.4, -0.2) is 51.1 Å². The van der Waals surface area contributed by atoms with E-state index in [4.69, 9.17) is 18.9 Å². The van der Waals surface area contributed by atoms with Gasteiger partial charge in [0.1, 0.15) is 18.0 Å². The molecule has 28 heavy (non-hydrogen) atoms. The highest BCUT2D eigenvalue weighted by molar-refractivity contribution is 5.82. The lowest BCUT2D eigenvalue weighted by atomic mass is 10.2. The molecule has 0 aromatic heterocycles. The molecule has 0 heterocycles. The summed E-state index contributed by atoms with van der Waals surface area (Å²) in [7, 11) is 1.62. The minimum absolute atomic E-state index is 0.137. The van der Waals surface area contributed by atoms with Crippen LogP contribution in [0.3, 0.4) is 0 Å². The third-order valence-corrected chi connectivity index (χ3v) is 3.13. The first-order valence-corrected chi connectivity index (χ1v) is 9.00. The van der Waals surface area contributed by atoms with E-state index in [1.807, 2.05) is 30.3 Å². The number of hydrogen-bond donors (Lipinski definition) is 1. The summed E-state index contributed by atoms with van der Waals surface area (Å²) in [6.07, 6.45) is 6.07. The quantitative estimate of drug-likeness (QED) is 0.285. The van der Waals surface area contributed by atoms with E-state index in [-0.39, 0.29) is 13.2 Å². The van der Waals surface area contributed by atoms with Crippen molar-refractivity contribution in [3.05, 3.63) is 48.1 Å². The zero-order valence-electron chi connectivity index (χ0n) is 16.9. The van der Waals surface area contributed by atoms with E-state index in [0.29, 0.717) is 13.2 Å². The van der Waals surface area contributed by atoms with Crippen molar-refractivity contribution in [2.75, 3.05) is 33.5 Å². The monoisotopic (exact) mass is 391 g/mol.